The molecule has 24 valence electrons. The Kier molecular flexibility index (Phi) is 4.00. The van der Waals surface area contributed by atoms with Crippen LogP contribution in [0.4, 0.5) is 0 Å². The van der Waals surface area contributed by atoms with E-state index in [1.807, 2.05) is 0 Å². The van der Waals surface area contributed by atoms with Crippen molar-refractivity contribution in [1.82, 2.24) is 0 Å². The van der Waals surface area contributed by atoms with Crippen molar-refractivity contribution in [2.75, 3.05) is 0 Å². The maximum absolute atomic E-state index is 6.32. The highest BCUT2D eigenvalue weighted by atomic mass is 32.0. The second-order valence-electron chi connectivity index (χ2n) is 0.311. The summed E-state index contributed by atoms with van der Waals surface area (Å²) >= 11 is 0. The van der Waals surface area contributed by atoms with E-state index < -0.39 is 0 Å². The first kappa shape index (κ1) is 4.53. The van der Waals surface area contributed by atoms with Gasteiger partial charge >= 0.3 is 0 Å². The van der Waals surface area contributed by atoms with Gasteiger partial charge in [-0.3, -0.25) is 0 Å². The van der Waals surface area contributed by atoms with Crippen LogP contribution in [-0.4, -0.2) is 5.96 Å². The van der Waals surface area contributed by atoms with Gasteiger partial charge in [0.15, 0.2) is 0 Å². The Bertz CT molecular complexity index is 20.0. The van der Waals surface area contributed by atoms with Crippen LogP contribution in [0.15, 0.2) is 0 Å². The highest BCUT2D eigenvalue weighted by Crippen LogP contribution is 2.12. The molecule has 3 heteroatoms. The molecule has 0 aliphatic carbocycles. The summed E-state index contributed by atoms with van der Waals surface area (Å²) in [5.74, 6) is 1.37. The summed E-state index contributed by atoms with van der Waals surface area (Å²) in [6.45, 7) is 0. The van der Waals surface area contributed by atoms with Gasteiger partial charge in [-0.05, 0) is 0 Å². The molecule has 0 amide bonds. The van der Waals surface area contributed by atoms with Crippen molar-refractivity contribution in [2.45, 2.75) is 0 Å². The first-order chi connectivity index (χ1) is 1.91. The van der Waals surface area contributed by atoms with Crippen molar-refractivity contribution in [3.8, 4) is 0 Å². The standard InChI is InChI=1S/CH5NP2/c2-1-4-3/h1-2,4H,3H2. The SMILES string of the molecule is N=CPP. The van der Waals surface area contributed by atoms with Gasteiger partial charge in [0.05, 0.1) is 0 Å². The number of nitrogens with one attached hydrogen (secondary N) is 1. The van der Waals surface area contributed by atoms with E-state index in [-0.39, 0.29) is 0 Å². The normalized spacial score (nSPS) is 9.25. The molecule has 0 heterocycles. The molecule has 1 nitrogen and oxygen atoms in total. The smallest absolute Gasteiger partial charge is 0.0193 e. The van der Waals surface area contributed by atoms with E-state index in [4.69, 9.17) is 5.41 Å². The molecule has 2 atom stereocenters. The van der Waals surface area contributed by atoms with Gasteiger partial charge in [-0.15, -0.1) is 8.93 Å². The third kappa shape index (κ3) is 2.53. The summed E-state index contributed by atoms with van der Waals surface area (Å²) in [5.41, 5.74) is 0. The third-order valence-corrected chi connectivity index (χ3v) is 0.750. The molecule has 0 radical (unpaired) electrons. The second kappa shape index (κ2) is 3.53. The molecule has 4 heavy (non-hydrogen) atoms. The minimum absolute atomic E-state index is 0.599. The topological polar surface area (TPSA) is 23.9 Å². The highest BCUT2D eigenvalue weighted by Gasteiger charge is 1.45. The van der Waals surface area contributed by atoms with Crippen molar-refractivity contribution in [2.24, 2.45) is 0 Å². The lowest BCUT2D eigenvalue weighted by atomic mass is 11.7. The van der Waals surface area contributed by atoms with Crippen molar-refractivity contribution in [1.29, 1.82) is 5.41 Å². The van der Waals surface area contributed by atoms with Crippen LogP contribution >= 0.6 is 17.2 Å². The molecule has 0 saturated heterocycles. The van der Waals surface area contributed by atoms with Gasteiger partial charge in [-0.2, -0.15) is 0 Å². The van der Waals surface area contributed by atoms with Gasteiger partial charge in [0.2, 0.25) is 0 Å². The van der Waals surface area contributed by atoms with Gasteiger partial charge in [0.25, 0.3) is 0 Å². The lowest BCUT2D eigenvalue weighted by Crippen LogP contribution is -1.26. The van der Waals surface area contributed by atoms with E-state index in [2.05, 4.69) is 8.93 Å². The molecule has 0 rings (SSSR count). The van der Waals surface area contributed by atoms with Gasteiger partial charge in [0.1, 0.15) is 0 Å². The van der Waals surface area contributed by atoms with E-state index in [1.165, 1.54) is 5.96 Å². The molecule has 0 aromatic carbocycles. The summed E-state index contributed by atoms with van der Waals surface area (Å²) in [7, 11) is 3.04. The predicted molar refractivity (Wildman–Crippen MR) is 26.8 cm³/mol. The fourth-order valence-corrected chi connectivity index (χ4v) is 0. The van der Waals surface area contributed by atoms with Crippen molar-refractivity contribution in [3.05, 3.63) is 0 Å². The van der Waals surface area contributed by atoms with E-state index in [0.29, 0.717) is 8.27 Å². The summed E-state index contributed by atoms with van der Waals surface area (Å²) in [6, 6.07) is 0. The van der Waals surface area contributed by atoms with E-state index in [9.17, 15) is 0 Å². The Hall–Kier alpha value is 0.530. The molecule has 0 aliphatic rings. The molecule has 0 fully saturated rings. The lowest BCUT2D eigenvalue weighted by molar-refractivity contribution is 1.60. The average molecular weight is 93.0 g/mol. The zero-order chi connectivity index (χ0) is 3.41. The molecule has 2 unspecified atom stereocenters. The van der Waals surface area contributed by atoms with Gasteiger partial charge in [-0.25, -0.2) is 0 Å². The van der Waals surface area contributed by atoms with Crippen LogP contribution in [0.2, 0.25) is 0 Å². The van der Waals surface area contributed by atoms with Crippen LogP contribution in [0.25, 0.3) is 0 Å². The zero-order valence-electron chi connectivity index (χ0n) is 2.15. The van der Waals surface area contributed by atoms with Crippen molar-refractivity contribution >= 4 is 23.2 Å². The summed E-state index contributed by atoms with van der Waals surface area (Å²) in [5, 5.41) is 6.32. The van der Waals surface area contributed by atoms with E-state index in [1.54, 1.807) is 0 Å². The molecular formula is CH5NP2. The predicted octanol–water partition coefficient (Wildman–Crippen LogP) is 1.06. The summed E-state index contributed by atoms with van der Waals surface area (Å²) in [4.78, 5) is 0. The Labute approximate surface area is 29.6 Å². The van der Waals surface area contributed by atoms with Crippen LogP contribution in [0.1, 0.15) is 0 Å². The Balaban J connectivity index is 2.30. The van der Waals surface area contributed by atoms with Crippen LogP contribution < -0.4 is 0 Å². The second-order valence-corrected chi connectivity index (χ2v) is 1.93. The third-order valence-electron chi connectivity index (χ3n) is 0.0833. The van der Waals surface area contributed by atoms with Crippen molar-refractivity contribution in [3.63, 3.8) is 0 Å². The highest BCUT2D eigenvalue weighted by molar-refractivity contribution is 8.10. The van der Waals surface area contributed by atoms with Gasteiger partial charge in [0, 0.05) is 5.96 Å². The van der Waals surface area contributed by atoms with E-state index >= 15 is 0 Å². The van der Waals surface area contributed by atoms with E-state index in [0.717, 1.165) is 0 Å². The minimum Gasteiger partial charge on any atom is -0.308 e. The molecule has 0 aromatic rings. The lowest BCUT2D eigenvalue weighted by Gasteiger charge is -1.57. The fraction of sp³-hybridized carbons (Fsp3) is 0. The summed E-state index contributed by atoms with van der Waals surface area (Å²) < 4.78 is 0. The van der Waals surface area contributed by atoms with Gasteiger partial charge in [-0.1, -0.05) is 8.27 Å². The first-order valence-corrected chi connectivity index (χ1v) is 3.75. The largest absolute Gasteiger partial charge is 0.308 e. The van der Waals surface area contributed by atoms with Crippen LogP contribution in [-0.2, 0) is 0 Å². The van der Waals surface area contributed by atoms with Crippen LogP contribution in [0, 0.1) is 5.41 Å². The number of hydrogen-bond acceptors (Lipinski definition) is 1. The molecular weight excluding hydrogens is 88.0 g/mol. The van der Waals surface area contributed by atoms with Gasteiger partial charge < -0.3 is 5.41 Å². The maximum Gasteiger partial charge on any atom is 0.0193 e. The molecule has 0 bridgehead atoms. The average Bonchev–Trinajstić information content (AvgIpc) is 1.37. The Morgan fingerprint density at radius 2 is 2.25 bits per heavy atom. The first-order valence-electron chi connectivity index (χ1n) is 0.866. The number of hydrogen-bond donors (Lipinski definition) is 1. The number of rotatable bonds is 1. The quantitative estimate of drug-likeness (QED) is 0.370. The fourth-order valence-electron chi connectivity index (χ4n) is 0. The molecule has 0 aromatic heterocycles. The Morgan fingerprint density at radius 3 is 2.25 bits per heavy atom. The molecule has 0 aliphatic heterocycles. The van der Waals surface area contributed by atoms with Crippen molar-refractivity contribution < 1.29 is 0 Å². The van der Waals surface area contributed by atoms with Crippen LogP contribution in [0.3, 0.4) is 0 Å². The zero-order valence-corrected chi connectivity index (χ0v) is 4.31. The minimum atomic E-state index is 0.599. The molecule has 0 spiro atoms. The van der Waals surface area contributed by atoms with Crippen LogP contribution in [0.5, 0.6) is 0 Å². The molecule has 1 N–H and O–H groups in total. The Morgan fingerprint density at radius 1 is 2.00 bits per heavy atom. The maximum atomic E-state index is 6.32. The molecule has 0 saturated carbocycles. The monoisotopic (exact) mass is 93.0 g/mol. The summed E-state index contributed by atoms with van der Waals surface area (Å²) in [6.07, 6.45) is 0.